The molecule has 0 bridgehead atoms. The minimum absolute atomic E-state index is 0.0552. The molecule has 0 aliphatic carbocycles. The monoisotopic (exact) mass is 1030 g/mol. The van der Waals surface area contributed by atoms with Crippen LogP contribution in [-0.2, 0) is 54.4 Å². The van der Waals surface area contributed by atoms with Crippen LogP contribution < -0.4 is 47.9 Å². The molecular formula is C43H68N10O17S. The van der Waals surface area contributed by atoms with Crippen LogP contribution in [0.3, 0.4) is 0 Å². The number of aliphatic carboxylic acids is 1. The van der Waals surface area contributed by atoms with Crippen LogP contribution in [0.5, 0.6) is 5.75 Å². The number of likely N-dealkylation sites (tertiary alicyclic amines) is 1. The number of phenols is 1. The molecule has 9 amide bonds. The third-order valence-electron chi connectivity index (χ3n) is 11.2. The molecule has 398 valence electrons. The number of carbonyl (C=O) groups is 10. The highest BCUT2D eigenvalue weighted by Gasteiger charge is 2.37. The third-order valence-corrected chi connectivity index (χ3v) is 11.6. The average Bonchev–Trinajstić information content (AvgIpc) is 3.75. The summed E-state index contributed by atoms with van der Waals surface area (Å²) in [6.07, 6.45) is -5.00. The molecule has 1 unspecified atom stereocenters. The average molecular weight is 1030 g/mol. The van der Waals surface area contributed by atoms with Crippen LogP contribution in [-0.4, -0.2) is 206 Å². The van der Waals surface area contributed by atoms with E-state index >= 15 is 0 Å². The normalized spacial score (nSPS) is 17.4. The molecule has 1 aliphatic heterocycles. The molecule has 2 rings (SSSR count). The van der Waals surface area contributed by atoms with E-state index in [1.807, 2.05) is 4.90 Å². The van der Waals surface area contributed by atoms with Crippen LogP contribution >= 0.6 is 12.6 Å². The van der Waals surface area contributed by atoms with Gasteiger partial charge in [-0.05, 0) is 63.4 Å². The summed E-state index contributed by atoms with van der Waals surface area (Å²) in [5.74, 6) is -11.7. The number of nitrogens with zero attached hydrogens (tertiary/aromatic N) is 1. The number of amides is 9. The van der Waals surface area contributed by atoms with Gasteiger partial charge >= 0.3 is 5.97 Å². The molecule has 1 aliphatic rings. The Bertz CT molecular complexity index is 2010. The number of benzene rings is 1. The van der Waals surface area contributed by atoms with Crippen molar-refractivity contribution in [3.8, 4) is 5.75 Å². The molecule has 1 fully saturated rings. The van der Waals surface area contributed by atoms with E-state index in [2.05, 4.69) is 60.5 Å². The molecule has 0 spiro atoms. The number of hydrogen-bond acceptors (Lipinski definition) is 18. The number of aliphatic hydroxyl groups excluding tert-OH is 4. The first-order valence-electron chi connectivity index (χ1n) is 22.6. The number of carboxylic acid groups (broad SMARTS) is 1. The molecule has 1 aromatic rings. The van der Waals surface area contributed by atoms with Gasteiger partial charge in [0.25, 0.3) is 0 Å². The van der Waals surface area contributed by atoms with Crippen LogP contribution in [0.4, 0.5) is 0 Å². The van der Waals surface area contributed by atoms with Crippen molar-refractivity contribution in [2.45, 2.75) is 126 Å². The molecule has 71 heavy (non-hydrogen) atoms. The van der Waals surface area contributed by atoms with Gasteiger partial charge in [0.05, 0.1) is 31.8 Å². The van der Waals surface area contributed by atoms with Crippen molar-refractivity contribution >= 4 is 71.8 Å². The zero-order valence-electron chi connectivity index (χ0n) is 39.9. The van der Waals surface area contributed by atoms with E-state index in [4.69, 9.17) is 0 Å². The Morgan fingerprint density at radius 2 is 1.11 bits per heavy atom. The van der Waals surface area contributed by atoms with Gasteiger partial charge in [-0.15, -0.1) is 0 Å². The fraction of sp³-hybridized carbons (Fsp3) is 0.628. The van der Waals surface area contributed by atoms with Gasteiger partial charge in [0.15, 0.2) is 6.29 Å². The van der Waals surface area contributed by atoms with E-state index in [1.165, 1.54) is 31.3 Å². The second-order valence-corrected chi connectivity index (χ2v) is 17.5. The summed E-state index contributed by atoms with van der Waals surface area (Å²) in [6.45, 7) is 2.80. The topological polar surface area (TPSA) is 424 Å². The van der Waals surface area contributed by atoms with Crippen LogP contribution in [0.2, 0.25) is 0 Å². The maximum Gasteiger partial charge on any atom is 0.305 e. The number of hydrogen-bond donors (Lipinski definition) is 17. The maximum absolute atomic E-state index is 13.7. The van der Waals surface area contributed by atoms with Gasteiger partial charge in [0.1, 0.15) is 54.1 Å². The third kappa shape index (κ3) is 19.9. The van der Waals surface area contributed by atoms with E-state index < -0.39 is 170 Å². The lowest BCUT2D eigenvalue weighted by molar-refractivity contribution is -0.141. The molecule has 28 heteroatoms. The lowest BCUT2D eigenvalue weighted by atomic mass is 10.0. The number of carboxylic acids is 1. The second kappa shape index (κ2) is 29.9. The zero-order chi connectivity index (χ0) is 53.7. The smallest absolute Gasteiger partial charge is 0.305 e. The standard InChI is InChI=1S/C43H68N10O17S/c1-20(2)33(42(69)44-4)51-39(66)28(18-55)48-38(65)27(17-54)49-43(70)34(21(3)56)52-35(62)24(12-13-31(58)59)45-37(64)26(16-32(60)61)46-40(67)29(19-71)50-36(63)25(15-22-8-10-23(57)11-9-22)47-41(68)30-7-6-14-53(30)5/h8-11,20-21,24-31,33-34,54-59,71H,6-7,12-19H2,1-5H3,(H,44,69)(H,45,64)(H,46,67)(H,47,68)(H,48,65)(H,49,70)(H,50,63)(H,51,66)(H,52,62)(H,60,61)/t21-,24+,25+,26+,27+,28+,29+,30?,33+,34+/m1/s1. The molecule has 27 nitrogen and oxygen atoms in total. The Morgan fingerprint density at radius 3 is 1.61 bits per heavy atom. The maximum atomic E-state index is 13.7. The molecule has 1 saturated heterocycles. The van der Waals surface area contributed by atoms with Crippen LogP contribution in [0.15, 0.2) is 24.3 Å². The van der Waals surface area contributed by atoms with Crippen molar-refractivity contribution in [2.24, 2.45) is 5.92 Å². The van der Waals surface area contributed by atoms with Crippen molar-refractivity contribution in [1.82, 2.24) is 52.8 Å². The molecular weight excluding hydrogens is 961 g/mol. The Kier molecular flexibility index (Phi) is 25.7. The number of thiol groups is 1. The van der Waals surface area contributed by atoms with E-state index in [9.17, 15) is 83.7 Å². The van der Waals surface area contributed by atoms with E-state index in [0.717, 1.165) is 13.3 Å². The second-order valence-electron chi connectivity index (χ2n) is 17.2. The van der Waals surface area contributed by atoms with Gasteiger partial charge in [-0.3, -0.25) is 52.8 Å². The first-order valence-corrected chi connectivity index (χ1v) is 23.2. The fourth-order valence-corrected chi connectivity index (χ4v) is 7.35. The Morgan fingerprint density at radius 1 is 0.634 bits per heavy atom. The highest BCUT2D eigenvalue weighted by atomic mass is 32.1. The molecule has 10 atom stereocenters. The summed E-state index contributed by atoms with van der Waals surface area (Å²) in [5, 5.41) is 89.6. The molecule has 1 heterocycles. The van der Waals surface area contributed by atoms with E-state index in [1.54, 1.807) is 20.9 Å². The van der Waals surface area contributed by atoms with Crippen molar-refractivity contribution in [3.05, 3.63) is 29.8 Å². The number of carbonyl (C=O) groups excluding carboxylic acids is 9. The predicted octanol–water partition coefficient (Wildman–Crippen LogP) is -6.83. The Balaban J connectivity index is 2.28. The van der Waals surface area contributed by atoms with Gasteiger partial charge in [-0.25, -0.2) is 0 Å². The van der Waals surface area contributed by atoms with E-state index in [0.29, 0.717) is 18.5 Å². The van der Waals surface area contributed by atoms with Crippen molar-refractivity contribution in [2.75, 3.05) is 39.6 Å². The van der Waals surface area contributed by atoms with Gasteiger partial charge < -0.3 is 83.6 Å². The number of rotatable bonds is 29. The van der Waals surface area contributed by atoms with Crippen LogP contribution in [0, 0.1) is 5.92 Å². The first-order chi connectivity index (χ1) is 33.4. The van der Waals surface area contributed by atoms with Gasteiger partial charge in [0.2, 0.25) is 53.2 Å². The molecule has 0 radical (unpaired) electrons. The van der Waals surface area contributed by atoms with Gasteiger partial charge in [-0.1, -0.05) is 26.0 Å². The lowest BCUT2D eigenvalue weighted by Gasteiger charge is -2.28. The number of nitrogens with one attached hydrogen (secondary N) is 9. The minimum Gasteiger partial charge on any atom is -0.508 e. The number of aromatic hydroxyl groups is 1. The Hall–Kier alpha value is -6.17. The van der Waals surface area contributed by atoms with Crippen molar-refractivity contribution in [3.63, 3.8) is 0 Å². The van der Waals surface area contributed by atoms with Crippen LogP contribution in [0.1, 0.15) is 58.4 Å². The quantitative estimate of drug-likeness (QED) is 0.0262. The van der Waals surface area contributed by atoms with E-state index in [-0.39, 0.29) is 12.2 Å². The van der Waals surface area contributed by atoms with Gasteiger partial charge in [0, 0.05) is 25.6 Å². The summed E-state index contributed by atoms with van der Waals surface area (Å²) < 4.78 is 0. The summed E-state index contributed by atoms with van der Waals surface area (Å²) in [6, 6.07) is -8.03. The predicted molar refractivity (Wildman–Crippen MR) is 251 cm³/mol. The Labute approximate surface area is 414 Å². The largest absolute Gasteiger partial charge is 0.508 e. The summed E-state index contributed by atoms with van der Waals surface area (Å²) in [5.41, 5.74) is 0.523. The lowest BCUT2D eigenvalue weighted by Crippen LogP contribution is -2.63. The fourth-order valence-electron chi connectivity index (χ4n) is 7.09. The zero-order valence-corrected chi connectivity index (χ0v) is 40.8. The van der Waals surface area contributed by atoms with Gasteiger partial charge in [-0.2, -0.15) is 12.6 Å². The van der Waals surface area contributed by atoms with Crippen molar-refractivity contribution in [1.29, 1.82) is 0 Å². The van der Waals surface area contributed by atoms with Crippen molar-refractivity contribution < 1.29 is 83.7 Å². The summed E-state index contributed by atoms with van der Waals surface area (Å²) in [4.78, 5) is 133. The summed E-state index contributed by atoms with van der Waals surface area (Å²) >= 11 is 4.15. The number of aliphatic hydroxyl groups is 5. The molecule has 0 saturated carbocycles. The number of phenolic OH excluding ortho intramolecular Hbond substituents is 1. The molecule has 0 aromatic heterocycles. The summed E-state index contributed by atoms with van der Waals surface area (Å²) in [7, 11) is 3.07. The highest BCUT2D eigenvalue weighted by Crippen LogP contribution is 2.17. The minimum atomic E-state index is -2.07. The molecule has 16 N–H and O–H groups in total. The number of likely N-dealkylation sites (N-methyl/N-ethyl adjacent to an activating group) is 2. The SMILES string of the molecule is CNC(=O)[C@@H](NC(=O)[C@H](CO)NC(=O)[C@H](CO)NC(=O)[C@@H](NC(=O)[C@H](CCC(O)O)NC(=O)[C@H](CC(=O)O)NC(=O)[C@H](CS)NC(=O)[C@H](Cc1ccc(O)cc1)NC(=O)C1CCCN1C)[C@@H](C)O)C(C)C. The molecule has 1 aromatic carbocycles. The van der Waals surface area contributed by atoms with Crippen LogP contribution in [0.25, 0.3) is 0 Å². The first kappa shape index (κ1) is 61.0. The highest BCUT2D eigenvalue weighted by molar-refractivity contribution is 7.80.